The number of carbonyl (C=O) groups excluding carboxylic acids is 1. The second kappa shape index (κ2) is 5.41. The molecule has 0 spiro atoms. The number of nitriles is 1. The smallest absolute Gasteiger partial charge is 0.323 e. The van der Waals surface area contributed by atoms with Gasteiger partial charge in [-0.25, -0.2) is 0 Å². The van der Waals surface area contributed by atoms with Gasteiger partial charge in [0.15, 0.2) is 11.5 Å². The topological polar surface area (TPSA) is 93.2 Å². The van der Waals surface area contributed by atoms with Crippen LogP contribution in [0.3, 0.4) is 0 Å². The SMILES string of the molecule is COc1ccc(C#N)c(C(=O)CBr)c1[N+](=O)[O-]. The molecule has 0 aromatic heterocycles. The number of hydrogen-bond donors (Lipinski definition) is 0. The van der Waals surface area contributed by atoms with Gasteiger partial charge in [0.1, 0.15) is 11.6 Å². The van der Waals surface area contributed by atoms with E-state index in [-0.39, 0.29) is 22.2 Å². The summed E-state index contributed by atoms with van der Waals surface area (Å²) < 4.78 is 4.82. The highest BCUT2D eigenvalue weighted by molar-refractivity contribution is 9.09. The summed E-state index contributed by atoms with van der Waals surface area (Å²) in [6.07, 6.45) is 0. The van der Waals surface area contributed by atoms with Crippen LogP contribution in [0.2, 0.25) is 0 Å². The Bertz CT molecular complexity index is 522. The van der Waals surface area contributed by atoms with Crippen molar-refractivity contribution < 1.29 is 14.5 Å². The maximum Gasteiger partial charge on any atom is 0.323 e. The Morgan fingerprint density at radius 1 is 1.65 bits per heavy atom. The number of methoxy groups -OCH3 is 1. The van der Waals surface area contributed by atoms with E-state index in [2.05, 4.69) is 15.9 Å². The summed E-state index contributed by atoms with van der Waals surface area (Å²) in [4.78, 5) is 21.8. The van der Waals surface area contributed by atoms with Gasteiger partial charge in [-0.3, -0.25) is 14.9 Å². The minimum absolute atomic E-state index is 0.0399. The molecule has 7 heteroatoms. The first-order valence-corrected chi connectivity index (χ1v) is 5.53. The number of halogens is 1. The first kappa shape index (κ1) is 13.1. The van der Waals surface area contributed by atoms with Crippen molar-refractivity contribution in [3.63, 3.8) is 0 Å². The number of rotatable bonds is 4. The van der Waals surface area contributed by atoms with Crippen molar-refractivity contribution in [2.24, 2.45) is 0 Å². The highest BCUT2D eigenvalue weighted by Gasteiger charge is 2.28. The number of Topliss-reactive ketones (excluding diaryl/α,β-unsaturated/α-hetero) is 1. The molecule has 88 valence electrons. The van der Waals surface area contributed by atoms with Crippen LogP contribution in [0.5, 0.6) is 5.75 Å². The highest BCUT2D eigenvalue weighted by atomic mass is 79.9. The average Bonchev–Trinajstić information content (AvgIpc) is 2.35. The Morgan fingerprint density at radius 3 is 2.71 bits per heavy atom. The van der Waals surface area contributed by atoms with Gasteiger partial charge in [0.05, 0.1) is 22.9 Å². The summed E-state index contributed by atoms with van der Waals surface area (Å²) in [6.45, 7) is 0. The van der Waals surface area contributed by atoms with Crippen LogP contribution in [-0.2, 0) is 0 Å². The van der Waals surface area contributed by atoms with Crippen molar-refractivity contribution in [2.45, 2.75) is 0 Å². The van der Waals surface area contributed by atoms with E-state index in [9.17, 15) is 14.9 Å². The van der Waals surface area contributed by atoms with Crippen LogP contribution in [0.25, 0.3) is 0 Å². The molecule has 0 aliphatic carbocycles. The van der Waals surface area contributed by atoms with Crippen molar-refractivity contribution >= 4 is 27.4 Å². The molecule has 0 N–H and O–H groups in total. The Labute approximate surface area is 105 Å². The molecule has 0 saturated carbocycles. The lowest BCUT2D eigenvalue weighted by molar-refractivity contribution is -0.386. The van der Waals surface area contributed by atoms with Crippen LogP contribution in [0, 0.1) is 21.4 Å². The van der Waals surface area contributed by atoms with Gasteiger partial charge in [0.25, 0.3) is 0 Å². The number of ketones is 1. The first-order valence-electron chi connectivity index (χ1n) is 4.41. The molecule has 0 heterocycles. The summed E-state index contributed by atoms with van der Waals surface area (Å²) in [5.74, 6) is -0.578. The number of benzene rings is 1. The van der Waals surface area contributed by atoms with Crippen LogP contribution >= 0.6 is 15.9 Å². The molecule has 0 fully saturated rings. The van der Waals surface area contributed by atoms with Gasteiger partial charge in [-0.05, 0) is 12.1 Å². The largest absolute Gasteiger partial charge is 0.490 e. The number of alkyl halides is 1. The predicted octanol–water partition coefficient (Wildman–Crippen LogP) is 2.05. The Morgan fingerprint density at radius 2 is 2.29 bits per heavy atom. The third-order valence-corrected chi connectivity index (χ3v) is 2.57. The fraction of sp³-hybridized carbons (Fsp3) is 0.200. The number of nitro benzene ring substituents is 1. The molecule has 0 radical (unpaired) electrons. The van der Waals surface area contributed by atoms with Crippen molar-refractivity contribution in [1.29, 1.82) is 5.26 Å². The van der Waals surface area contributed by atoms with E-state index in [1.54, 1.807) is 6.07 Å². The van der Waals surface area contributed by atoms with Crippen molar-refractivity contribution in [3.05, 3.63) is 33.4 Å². The number of nitrogens with zero attached hydrogens (tertiary/aromatic N) is 2. The molecule has 0 aliphatic rings. The molecule has 0 saturated heterocycles. The average molecular weight is 299 g/mol. The first-order chi connectivity index (χ1) is 8.06. The molecule has 0 aliphatic heterocycles. The van der Waals surface area contributed by atoms with Gasteiger partial charge in [0, 0.05) is 0 Å². The molecule has 0 atom stereocenters. The van der Waals surface area contributed by atoms with E-state index < -0.39 is 16.4 Å². The monoisotopic (exact) mass is 298 g/mol. The van der Waals surface area contributed by atoms with Crippen molar-refractivity contribution in [3.8, 4) is 11.8 Å². The summed E-state index contributed by atoms with van der Waals surface area (Å²) >= 11 is 2.92. The Hall–Kier alpha value is -1.94. The van der Waals surface area contributed by atoms with Crippen LogP contribution in [0.15, 0.2) is 12.1 Å². The Balaban J connectivity index is 3.65. The third kappa shape index (κ3) is 2.42. The Kier molecular flexibility index (Phi) is 4.17. The van der Waals surface area contributed by atoms with Crippen LogP contribution < -0.4 is 4.74 Å². The lowest BCUT2D eigenvalue weighted by Gasteiger charge is -2.06. The summed E-state index contributed by atoms with van der Waals surface area (Å²) in [5.41, 5.74) is -0.744. The summed E-state index contributed by atoms with van der Waals surface area (Å²) in [7, 11) is 1.26. The number of ether oxygens (including phenoxy) is 1. The molecule has 1 aromatic rings. The van der Waals surface area contributed by atoms with Crippen LogP contribution in [0.4, 0.5) is 5.69 Å². The minimum atomic E-state index is -0.727. The minimum Gasteiger partial charge on any atom is -0.490 e. The maximum atomic E-state index is 11.6. The predicted molar refractivity (Wildman–Crippen MR) is 62.5 cm³/mol. The standard InChI is InChI=1S/C10H7BrN2O4/c1-17-8-3-2-6(5-12)9(7(14)4-11)10(8)13(15)16/h2-3H,4H2,1H3. The molecule has 1 rings (SSSR count). The van der Waals surface area contributed by atoms with E-state index >= 15 is 0 Å². The second-order valence-electron chi connectivity index (χ2n) is 2.96. The van der Waals surface area contributed by atoms with Gasteiger partial charge < -0.3 is 4.74 Å². The molecule has 6 nitrogen and oxygen atoms in total. The quantitative estimate of drug-likeness (QED) is 0.367. The van der Waals surface area contributed by atoms with E-state index in [1.807, 2.05) is 0 Å². The number of nitro groups is 1. The molecule has 1 aromatic carbocycles. The zero-order chi connectivity index (χ0) is 13.0. The number of hydrogen-bond acceptors (Lipinski definition) is 5. The van der Waals surface area contributed by atoms with Gasteiger partial charge in [0.2, 0.25) is 0 Å². The lowest BCUT2D eigenvalue weighted by atomic mass is 10.0. The highest BCUT2D eigenvalue weighted by Crippen LogP contribution is 2.33. The van der Waals surface area contributed by atoms with E-state index in [0.29, 0.717) is 0 Å². The van der Waals surface area contributed by atoms with E-state index in [1.165, 1.54) is 19.2 Å². The van der Waals surface area contributed by atoms with E-state index in [4.69, 9.17) is 10.00 Å². The summed E-state index contributed by atoms with van der Waals surface area (Å²) in [5, 5.41) is 19.7. The second-order valence-corrected chi connectivity index (χ2v) is 3.53. The van der Waals surface area contributed by atoms with Crippen molar-refractivity contribution in [2.75, 3.05) is 12.4 Å². The van der Waals surface area contributed by atoms with Gasteiger partial charge >= 0.3 is 5.69 Å². The zero-order valence-corrected chi connectivity index (χ0v) is 10.4. The summed E-state index contributed by atoms with van der Waals surface area (Å²) in [6, 6.07) is 4.37. The number of carbonyl (C=O) groups is 1. The molecule has 0 amide bonds. The van der Waals surface area contributed by atoms with Crippen molar-refractivity contribution in [1.82, 2.24) is 0 Å². The van der Waals surface area contributed by atoms with Crippen LogP contribution in [0.1, 0.15) is 15.9 Å². The van der Waals surface area contributed by atoms with Crippen LogP contribution in [-0.4, -0.2) is 23.1 Å². The van der Waals surface area contributed by atoms with Gasteiger partial charge in [-0.1, -0.05) is 15.9 Å². The molecular weight excluding hydrogens is 292 g/mol. The fourth-order valence-electron chi connectivity index (χ4n) is 1.36. The molecular formula is C10H7BrN2O4. The molecule has 17 heavy (non-hydrogen) atoms. The molecule has 0 unspecified atom stereocenters. The fourth-order valence-corrected chi connectivity index (χ4v) is 1.64. The molecule has 0 bridgehead atoms. The zero-order valence-electron chi connectivity index (χ0n) is 8.77. The third-order valence-electron chi connectivity index (χ3n) is 2.06. The maximum absolute atomic E-state index is 11.6. The van der Waals surface area contributed by atoms with Gasteiger partial charge in [-0.15, -0.1) is 0 Å². The van der Waals surface area contributed by atoms with Gasteiger partial charge in [-0.2, -0.15) is 5.26 Å². The normalized spacial score (nSPS) is 9.47. The lowest BCUT2D eigenvalue weighted by Crippen LogP contribution is -2.09. The van der Waals surface area contributed by atoms with E-state index in [0.717, 1.165) is 0 Å².